The maximum absolute atomic E-state index is 12.1. The van der Waals surface area contributed by atoms with Crippen LogP contribution in [0.5, 0.6) is 0 Å². The number of amides is 1. The Morgan fingerprint density at radius 1 is 1.28 bits per heavy atom. The van der Waals surface area contributed by atoms with Gasteiger partial charge in [-0.1, -0.05) is 24.7 Å². The van der Waals surface area contributed by atoms with Gasteiger partial charge in [0.25, 0.3) is 0 Å². The van der Waals surface area contributed by atoms with Crippen LogP contribution < -0.4 is 5.32 Å². The predicted molar refractivity (Wildman–Crippen MR) is 101 cm³/mol. The summed E-state index contributed by atoms with van der Waals surface area (Å²) in [6.07, 6.45) is 2.72. The molecule has 0 unspecified atom stereocenters. The number of thiazole rings is 1. The van der Waals surface area contributed by atoms with E-state index in [0.29, 0.717) is 23.7 Å². The number of rotatable bonds is 9. The number of aromatic nitrogens is 1. The van der Waals surface area contributed by atoms with Gasteiger partial charge in [0, 0.05) is 13.0 Å². The molecule has 0 atom stereocenters. The molecule has 0 spiro atoms. The van der Waals surface area contributed by atoms with Crippen LogP contribution in [0.1, 0.15) is 43.5 Å². The zero-order chi connectivity index (χ0) is 18.2. The van der Waals surface area contributed by atoms with Crippen LogP contribution in [0.4, 0.5) is 5.13 Å². The number of carbonyl (C=O) groups excluding carboxylic acids is 2. The smallest absolute Gasteiger partial charge is 0.338 e. The van der Waals surface area contributed by atoms with Crippen LogP contribution in [-0.2, 0) is 9.53 Å². The van der Waals surface area contributed by atoms with Crippen molar-refractivity contribution in [2.24, 2.45) is 0 Å². The van der Waals surface area contributed by atoms with Gasteiger partial charge >= 0.3 is 5.97 Å². The van der Waals surface area contributed by atoms with E-state index in [1.54, 1.807) is 25.1 Å². The first kappa shape index (κ1) is 19.3. The molecule has 2 aromatic rings. The van der Waals surface area contributed by atoms with Crippen LogP contribution in [0, 0.1) is 0 Å². The maximum atomic E-state index is 12.1. The summed E-state index contributed by atoms with van der Waals surface area (Å²) in [4.78, 5) is 30.4. The summed E-state index contributed by atoms with van der Waals surface area (Å²) >= 11 is 1.36. The third kappa shape index (κ3) is 5.79. The number of hydrogen-bond acceptors (Lipinski definition) is 6. The average molecular weight is 363 g/mol. The highest BCUT2D eigenvalue weighted by Gasteiger charge is 2.12. The highest BCUT2D eigenvalue weighted by Crippen LogP contribution is 2.27. The lowest BCUT2D eigenvalue weighted by Gasteiger charge is -2.15. The van der Waals surface area contributed by atoms with Gasteiger partial charge in [-0.15, -0.1) is 0 Å². The number of esters is 1. The Labute approximate surface area is 152 Å². The molecule has 2 rings (SSSR count). The number of unbranched alkanes of at least 4 members (excludes halogenated alkanes) is 1. The minimum Gasteiger partial charge on any atom is -0.462 e. The van der Waals surface area contributed by atoms with E-state index in [1.165, 1.54) is 11.3 Å². The Kier molecular flexibility index (Phi) is 7.33. The number of nitrogens with one attached hydrogen (secondary N) is 1. The molecule has 0 saturated carbocycles. The molecule has 6 nitrogen and oxygen atoms in total. The van der Waals surface area contributed by atoms with Crippen molar-refractivity contribution in [3.8, 4) is 0 Å². The number of carbonyl (C=O) groups is 2. The largest absolute Gasteiger partial charge is 0.462 e. The first-order chi connectivity index (χ1) is 12.0. The third-order valence-electron chi connectivity index (χ3n) is 3.76. The summed E-state index contributed by atoms with van der Waals surface area (Å²) in [5.74, 6) is -0.397. The fourth-order valence-corrected chi connectivity index (χ4v) is 3.25. The van der Waals surface area contributed by atoms with Gasteiger partial charge in [0.15, 0.2) is 5.13 Å². The van der Waals surface area contributed by atoms with Crippen molar-refractivity contribution < 1.29 is 14.3 Å². The number of nitrogens with zero attached hydrogens (tertiary/aromatic N) is 2. The third-order valence-corrected chi connectivity index (χ3v) is 4.69. The maximum Gasteiger partial charge on any atom is 0.338 e. The van der Waals surface area contributed by atoms with Crippen LogP contribution in [0.3, 0.4) is 0 Å². The van der Waals surface area contributed by atoms with Crippen molar-refractivity contribution in [3.63, 3.8) is 0 Å². The van der Waals surface area contributed by atoms with E-state index < -0.39 is 0 Å². The molecule has 0 fully saturated rings. The van der Waals surface area contributed by atoms with Gasteiger partial charge in [-0.05, 0) is 45.1 Å². The number of hydrogen-bond donors (Lipinski definition) is 1. The Morgan fingerprint density at radius 3 is 2.80 bits per heavy atom. The molecule has 0 saturated heterocycles. The SMILES string of the molecule is CCCCN(C)CCC(=O)Nc1nc2ccc(C(=O)OCC)cc2s1. The first-order valence-corrected chi connectivity index (χ1v) is 9.41. The van der Waals surface area contributed by atoms with Crippen molar-refractivity contribution in [2.45, 2.75) is 33.1 Å². The van der Waals surface area contributed by atoms with Gasteiger partial charge in [-0.2, -0.15) is 0 Å². The summed E-state index contributed by atoms with van der Waals surface area (Å²) in [5, 5.41) is 3.40. The highest BCUT2D eigenvalue weighted by atomic mass is 32.1. The number of anilines is 1. The fraction of sp³-hybridized carbons (Fsp3) is 0.500. The quantitative estimate of drug-likeness (QED) is 0.690. The molecular formula is C18H25N3O3S. The molecule has 1 heterocycles. The zero-order valence-corrected chi connectivity index (χ0v) is 15.8. The summed E-state index contributed by atoms with van der Waals surface area (Å²) in [7, 11) is 2.03. The monoisotopic (exact) mass is 363 g/mol. The second kappa shape index (κ2) is 9.48. The van der Waals surface area contributed by atoms with Gasteiger partial charge in [0.1, 0.15) is 0 Å². The van der Waals surface area contributed by atoms with E-state index in [4.69, 9.17) is 4.74 Å². The van der Waals surface area contributed by atoms with Gasteiger partial charge in [-0.3, -0.25) is 4.79 Å². The molecular weight excluding hydrogens is 338 g/mol. The number of benzene rings is 1. The highest BCUT2D eigenvalue weighted by molar-refractivity contribution is 7.22. The summed E-state index contributed by atoms with van der Waals surface area (Å²) in [5.41, 5.74) is 1.25. The Balaban J connectivity index is 1.94. The number of ether oxygens (including phenoxy) is 1. The summed E-state index contributed by atoms with van der Waals surface area (Å²) in [6.45, 7) is 6.00. The lowest BCUT2D eigenvalue weighted by Crippen LogP contribution is -2.25. The van der Waals surface area contributed by atoms with E-state index in [2.05, 4.69) is 22.1 Å². The van der Waals surface area contributed by atoms with Crippen molar-refractivity contribution in [1.82, 2.24) is 9.88 Å². The Hall–Kier alpha value is -1.99. The van der Waals surface area contributed by atoms with E-state index in [0.717, 1.165) is 36.1 Å². The molecule has 1 N–H and O–H groups in total. The normalized spacial score (nSPS) is 11.0. The van der Waals surface area contributed by atoms with Crippen molar-refractivity contribution in [2.75, 3.05) is 32.1 Å². The molecule has 0 aliphatic heterocycles. The minimum atomic E-state index is -0.349. The molecule has 7 heteroatoms. The van der Waals surface area contributed by atoms with Crippen molar-refractivity contribution >= 4 is 38.6 Å². The van der Waals surface area contributed by atoms with Crippen molar-refractivity contribution in [3.05, 3.63) is 23.8 Å². The van der Waals surface area contributed by atoms with Crippen LogP contribution >= 0.6 is 11.3 Å². The Bertz CT molecular complexity index is 729. The topological polar surface area (TPSA) is 71.5 Å². The lowest BCUT2D eigenvalue weighted by molar-refractivity contribution is -0.116. The average Bonchev–Trinajstić information content (AvgIpc) is 2.99. The van der Waals surface area contributed by atoms with Crippen LogP contribution in [0.25, 0.3) is 10.2 Å². The predicted octanol–water partition coefficient (Wildman–Crippen LogP) is 3.53. The van der Waals surface area contributed by atoms with E-state index in [1.807, 2.05) is 7.05 Å². The second-order valence-electron chi connectivity index (χ2n) is 5.88. The van der Waals surface area contributed by atoms with E-state index in [-0.39, 0.29) is 11.9 Å². The van der Waals surface area contributed by atoms with E-state index in [9.17, 15) is 9.59 Å². The molecule has 0 bridgehead atoms. The molecule has 1 amide bonds. The second-order valence-corrected chi connectivity index (χ2v) is 6.91. The van der Waals surface area contributed by atoms with Crippen LogP contribution in [0.15, 0.2) is 18.2 Å². The minimum absolute atomic E-state index is 0.0481. The molecule has 0 aliphatic rings. The zero-order valence-electron chi connectivity index (χ0n) is 15.0. The Morgan fingerprint density at radius 2 is 2.08 bits per heavy atom. The van der Waals surface area contributed by atoms with Gasteiger partial charge in [0.05, 0.1) is 22.4 Å². The van der Waals surface area contributed by atoms with Crippen molar-refractivity contribution in [1.29, 1.82) is 0 Å². The number of fused-ring (bicyclic) bond motifs is 1. The van der Waals surface area contributed by atoms with Gasteiger partial charge in [0.2, 0.25) is 5.91 Å². The summed E-state index contributed by atoms with van der Waals surface area (Å²) < 4.78 is 5.85. The van der Waals surface area contributed by atoms with E-state index >= 15 is 0 Å². The lowest BCUT2D eigenvalue weighted by atomic mass is 10.2. The molecule has 136 valence electrons. The molecule has 0 aliphatic carbocycles. The molecule has 0 radical (unpaired) electrons. The van der Waals surface area contributed by atoms with Crippen LogP contribution in [-0.4, -0.2) is 48.5 Å². The van der Waals surface area contributed by atoms with Gasteiger partial charge < -0.3 is 15.0 Å². The molecule has 1 aromatic carbocycles. The fourth-order valence-electron chi connectivity index (χ4n) is 2.33. The van der Waals surface area contributed by atoms with Gasteiger partial charge in [-0.25, -0.2) is 9.78 Å². The van der Waals surface area contributed by atoms with Crippen LogP contribution in [0.2, 0.25) is 0 Å². The molecule has 25 heavy (non-hydrogen) atoms. The standard InChI is InChI=1S/C18H25N3O3S/c1-4-6-10-21(3)11-9-16(22)20-18-19-14-8-7-13(12-15(14)25-18)17(23)24-5-2/h7-8,12H,4-6,9-11H2,1-3H3,(H,19,20,22). The summed E-state index contributed by atoms with van der Waals surface area (Å²) in [6, 6.07) is 5.21. The molecule has 1 aromatic heterocycles. The first-order valence-electron chi connectivity index (χ1n) is 8.59.